The maximum atomic E-state index is 12.4. The number of hydrogen-bond acceptors (Lipinski definition) is 3. The summed E-state index contributed by atoms with van der Waals surface area (Å²) in [4.78, 5) is 12.4. The van der Waals surface area contributed by atoms with Crippen molar-refractivity contribution < 1.29 is 13.2 Å². The van der Waals surface area contributed by atoms with Crippen LogP contribution in [0.4, 0.5) is 0 Å². The van der Waals surface area contributed by atoms with Crippen molar-refractivity contribution in [3.8, 4) is 0 Å². The lowest BCUT2D eigenvalue weighted by molar-refractivity contribution is -0.127. The van der Waals surface area contributed by atoms with Gasteiger partial charge in [-0.05, 0) is 43.9 Å². The summed E-state index contributed by atoms with van der Waals surface area (Å²) in [5.41, 5.74) is 0. The van der Waals surface area contributed by atoms with Crippen molar-refractivity contribution in [2.24, 2.45) is 17.8 Å². The first-order chi connectivity index (χ1) is 9.43. The Balaban J connectivity index is 1.56. The lowest BCUT2D eigenvalue weighted by Gasteiger charge is -2.32. The Bertz CT molecular complexity index is 491. The van der Waals surface area contributed by atoms with Crippen LogP contribution in [0.1, 0.15) is 38.5 Å². The molecule has 0 radical (unpaired) electrons. The van der Waals surface area contributed by atoms with Crippen molar-refractivity contribution in [1.82, 2.24) is 9.62 Å². The molecular formula is C14H24N2O3S. The van der Waals surface area contributed by atoms with E-state index in [0.717, 1.165) is 25.2 Å². The Hall–Kier alpha value is -0.620. The fraction of sp³-hybridized carbons (Fsp3) is 0.929. The van der Waals surface area contributed by atoms with E-state index in [9.17, 15) is 13.2 Å². The van der Waals surface area contributed by atoms with E-state index in [-0.39, 0.29) is 17.9 Å². The topological polar surface area (TPSA) is 66.5 Å². The molecule has 3 rings (SSSR count). The second-order valence-corrected chi connectivity index (χ2v) is 8.73. The Morgan fingerprint density at radius 3 is 2.60 bits per heavy atom. The quantitative estimate of drug-likeness (QED) is 0.844. The summed E-state index contributed by atoms with van der Waals surface area (Å²) in [5.74, 6) is 1.68. The number of carbonyl (C=O) groups is 1. The van der Waals surface area contributed by atoms with Crippen LogP contribution < -0.4 is 5.32 Å². The van der Waals surface area contributed by atoms with Crippen LogP contribution in [0.15, 0.2) is 0 Å². The summed E-state index contributed by atoms with van der Waals surface area (Å²) in [5, 5.41) is 3.10. The molecule has 3 aliphatic rings. The molecule has 0 aromatic heterocycles. The smallest absolute Gasteiger partial charge is 0.223 e. The fourth-order valence-electron chi connectivity index (χ4n) is 4.24. The molecule has 0 unspecified atom stereocenters. The van der Waals surface area contributed by atoms with Gasteiger partial charge in [-0.15, -0.1) is 0 Å². The maximum absolute atomic E-state index is 12.4. The molecule has 1 saturated heterocycles. The first kappa shape index (κ1) is 14.3. The average molecular weight is 300 g/mol. The fourth-order valence-corrected chi connectivity index (χ4v) is 5.15. The van der Waals surface area contributed by atoms with Gasteiger partial charge in [0.05, 0.1) is 6.26 Å². The van der Waals surface area contributed by atoms with Crippen LogP contribution in [0.3, 0.4) is 0 Å². The normalized spacial score (nSPS) is 38.0. The van der Waals surface area contributed by atoms with Gasteiger partial charge in [0.1, 0.15) is 0 Å². The van der Waals surface area contributed by atoms with Gasteiger partial charge in [0.2, 0.25) is 15.9 Å². The Kier molecular flexibility index (Phi) is 3.79. The van der Waals surface area contributed by atoms with Crippen molar-refractivity contribution >= 4 is 15.9 Å². The van der Waals surface area contributed by atoms with E-state index in [4.69, 9.17) is 0 Å². The molecule has 1 aliphatic heterocycles. The number of fused-ring (bicyclic) bond motifs is 2. The van der Waals surface area contributed by atoms with E-state index in [1.54, 1.807) is 0 Å². The van der Waals surface area contributed by atoms with Crippen LogP contribution in [-0.4, -0.2) is 44.0 Å². The Morgan fingerprint density at radius 1 is 1.20 bits per heavy atom. The van der Waals surface area contributed by atoms with E-state index in [1.165, 1.54) is 29.8 Å². The van der Waals surface area contributed by atoms with Crippen LogP contribution >= 0.6 is 0 Å². The van der Waals surface area contributed by atoms with Crippen molar-refractivity contribution in [1.29, 1.82) is 0 Å². The molecule has 0 spiro atoms. The third kappa shape index (κ3) is 2.86. The lowest BCUT2D eigenvalue weighted by atomic mass is 9.88. The molecule has 20 heavy (non-hydrogen) atoms. The summed E-state index contributed by atoms with van der Waals surface area (Å²) in [6, 6.07) is -0.00917. The first-order valence-corrected chi connectivity index (χ1v) is 9.54. The number of nitrogens with one attached hydrogen (secondary N) is 1. The Labute approximate surface area is 121 Å². The number of hydrogen-bond donors (Lipinski definition) is 1. The molecule has 2 saturated carbocycles. The summed E-state index contributed by atoms with van der Waals surface area (Å²) in [6.07, 6.45) is 7.71. The molecule has 1 amide bonds. The second kappa shape index (κ2) is 5.30. The average Bonchev–Trinajstić information content (AvgIpc) is 3.00. The third-order valence-electron chi connectivity index (χ3n) is 5.27. The van der Waals surface area contributed by atoms with Crippen molar-refractivity contribution in [3.63, 3.8) is 0 Å². The van der Waals surface area contributed by atoms with Crippen molar-refractivity contribution in [2.75, 3.05) is 19.3 Å². The van der Waals surface area contributed by atoms with E-state index in [2.05, 4.69) is 5.32 Å². The molecule has 114 valence electrons. The highest BCUT2D eigenvalue weighted by molar-refractivity contribution is 7.88. The zero-order chi connectivity index (χ0) is 14.3. The van der Waals surface area contributed by atoms with Gasteiger partial charge >= 0.3 is 0 Å². The number of amides is 1. The minimum absolute atomic E-state index is 0.00917. The molecule has 0 aromatic rings. The van der Waals surface area contributed by atoms with E-state index >= 15 is 0 Å². The van der Waals surface area contributed by atoms with E-state index in [1.807, 2.05) is 0 Å². The summed E-state index contributed by atoms with van der Waals surface area (Å²) < 4.78 is 24.7. The summed E-state index contributed by atoms with van der Waals surface area (Å²) >= 11 is 0. The highest BCUT2D eigenvalue weighted by atomic mass is 32.2. The molecule has 5 nitrogen and oxygen atoms in total. The number of carbonyl (C=O) groups excluding carboxylic acids is 1. The van der Waals surface area contributed by atoms with Gasteiger partial charge in [0.25, 0.3) is 0 Å². The van der Waals surface area contributed by atoms with Crippen LogP contribution in [0.5, 0.6) is 0 Å². The molecule has 1 N–H and O–H groups in total. The minimum atomic E-state index is -3.14. The molecule has 2 bridgehead atoms. The second-order valence-electron chi connectivity index (χ2n) is 6.75. The number of nitrogens with zero attached hydrogens (tertiary/aromatic N) is 1. The lowest BCUT2D eigenvalue weighted by Crippen LogP contribution is -2.50. The van der Waals surface area contributed by atoms with Gasteiger partial charge < -0.3 is 5.32 Å². The third-order valence-corrected chi connectivity index (χ3v) is 6.54. The van der Waals surface area contributed by atoms with Gasteiger partial charge in [0, 0.05) is 25.0 Å². The summed E-state index contributed by atoms with van der Waals surface area (Å²) in [6.45, 7) is 1.02. The highest BCUT2D eigenvalue weighted by Crippen LogP contribution is 2.48. The number of piperidine rings is 1. The molecule has 6 heteroatoms. The standard InChI is InChI=1S/C14H24N2O3S/c1-20(18,19)16-6-2-3-12(9-16)15-14(17)13-8-10-4-5-11(13)7-10/h10-13H,2-9H2,1H3,(H,15,17)/t10-,11-,12-,13-/m0/s1. The van der Waals surface area contributed by atoms with Gasteiger partial charge in [-0.25, -0.2) is 12.7 Å². The largest absolute Gasteiger partial charge is 0.352 e. The summed E-state index contributed by atoms with van der Waals surface area (Å²) in [7, 11) is -3.14. The van der Waals surface area contributed by atoms with E-state index in [0.29, 0.717) is 19.0 Å². The number of sulfonamides is 1. The predicted octanol–water partition coefficient (Wildman–Crippen LogP) is 0.963. The van der Waals surface area contributed by atoms with Crippen LogP contribution in [0.2, 0.25) is 0 Å². The van der Waals surface area contributed by atoms with Gasteiger partial charge in [0.15, 0.2) is 0 Å². The zero-order valence-corrected chi connectivity index (χ0v) is 12.9. The van der Waals surface area contributed by atoms with Crippen LogP contribution in [-0.2, 0) is 14.8 Å². The SMILES string of the molecule is CS(=O)(=O)N1CCC[C@H](NC(=O)[C@H]2C[C@H]3CC[C@H]2C3)C1. The molecule has 1 heterocycles. The molecular weight excluding hydrogens is 276 g/mol. The van der Waals surface area contributed by atoms with Gasteiger partial charge in [-0.3, -0.25) is 4.79 Å². The highest BCUT2D eigenvalue weighted by Gasteiger charge is 2.43. The van der Waals surface area contributed by atoms with Crippen molar-refractivity contribution in [2.45, 2.75) is 44.6 Å². The Morgan fingerprint density at radius 2 is 2.00 bits per heavy atom. The first-order valence-electron chi connectivity index (χ1n) is 7.69. The molecule has 0 aromatic carbocycles. The zero-order valence-electron chi connectivity index (χ0n) is 12.0. The molecule has 4 atom stereocenters. The monoisotopic (exact) mass is 300 g/mol. The molecule has 2 aliphatic carbocycles. The van der Waals surface area contributed by atoms with Gasteiger partial charge in [-0.2, -0.15) is 0 Å². The number of rotatable bonds is 3. The van der Waals surface area contributed by atoms with Crippen molar-refractivity contribution in [3.05, 3.63) is 0 Å². The molecule has 3 fully saturated rings. The van der Waals surface area contributed by atoms with E-state index < -0.39 is 10.0 Å². The van der Waals surface area contributed by atoms with Crippen LogP contribution in [0.25, 0.3) is 0 Å². The minimum Gasteiger partial charge on any atom is -0.352 e. The predicted molar refractivity (Wildman–Crippen MR) is 76.5 cm³/mol. The van der Waals surface area contributed by atoms with Crippen LogP contribution in [0, 0.1) is 17.8 Å². The maximum Gasteiger partial charge on any atom is 0.223 e. The van der Waals surface area contributed by atoms with Gasteiger partial charge in [-0.1, -0.05) is 6.42 Å².